The molecule has 0 unspecified atom stereocenters. The average molecular weight is 285 g/mol. The van der Waals surface area contributed by atoms with Crippen molar-refractivity contribution in [3.05, 3.63) is 42.0 Å². The van der Waals surface area contributed by atoms with Crippen molar-refractivity contribution in [2.45, 2.75) is 51.3 Å². The van der Waals surface area contributed by atoms with Gasteiger partial charge in [-0.1, -0.05) is 36.4 Å². The number of carbonyl (C=O) groups excluding carboxylic acids is 1. The lowest BCUT2D eigenvalue weighted by atomic mass is 9.94. The Hall–Kier alpha value is -1.61. The van der Waals surface area contributed by atoms with Gasteiger partial charge < -0.3 is 9.64 Å². The monoisotopic (exact) mass is 285 g/mol. The first-order valence-electron chi connectivity index (χ1n) is 7.90. The van der Waals surface area contributed by atoms with Gasteiger partial charge in [-0.2, -0.15) is 0 Å². The number of ether oxygens (including phenoxy) is 1. The summed E-state index contributed by atoms with van der Waals surface area (Å²) in [5.41, 5.74) is 2.68. The maximum atomic E-state index is 12.6. The standard InChI is InChI=1S/C18H23NO2/c1-3-21-13(2)18(20)19-16-9-10-17(19)12-15(11-16)14-7-5-4-6-8-14/h4-8,11,13,16-17H,3,9-10,12H2,1-2H3/t13-,16-,17-/m1/s1. The van der Waals surface area contributed by atoms with Crippen molar-refractivity contribution >= 4 is 11.5 Å². The van der Waals surface area contributed by atoms with Gasteiger partial charge in [0.25, 0.3) is 5.91 Å². The molecule has 3 heteroatoms. The third-order valence-electron chi connectivity index (χ3n) is 4.56. The summed E-state index contributed by atoms with van der Waals surface area (Å²) >= 11 is 0. The Labute approximate surface area is 126 Å². The fraction of sp³-hybridized carbons (Fsp3) is 0.500. The second-order valence-electron chi connectivity index (χ2n) is 5.90. The first kappa shape index (κ1) is 14.3. The number of fused-ring (bicyclic) bond motifs is 2. The molecule has 2 heterocycles. The van der Waals surface area contributed by atoms with E-state index in [4.69, 9.17) is 4.74 Å². The van der Waals surface area contributed by atoms with Gasteiger partial charge in [0, 0.05) is 12.6 Å². The molecule has 1 amide bonds. The Morgan fingerprint density at radius 3 is 2.76 bits per heavy atom. The van der Waals surface area contributed by atoms with E-state index in [0.29, 0.717) is 12.6 Å². The van der Waals surface area contributed by atoms with E-state index in [1.165, 1.54) is 11.1 Å². The molecule has 1 aromatic carbocycles. The zero-order chi connectivity index (χ0) is 14.8. The van der Waals surface area contributed by atoms with E-state index < -0.39 is 0 Å². The smallest absolute Gasteiger partial charge is 0.252 e. The molecule has 112 valence electrons. The van der Waals surface area contributed by atoms with E-state index in [0.717, 1.165) is 19.3 Å². The molecular weight excluding hydrogens is 262 g/mol. The highest BCUT2D eigenvalue weighted by molar-refractivity contribution is 5.83. The Morgan fingerprint density at radius 2 is 2.10 bits per heavy atom. The topological polar surface area (TPSA) is 29.5 Å². The minimum absolute atomic E-state index is 0.146. The molecule has 3 atom stereocenters. The van der Waals surface area contributed by atoms with Crippen LogP contribution in [0.5, 0.6) is 0 Å². The maximum absolute atomic E-state index is 12.6. The summed E-state index contributed by atoms with van der Waals surface area (Å²) in [6.07, 6.45) is 5.10. The predicted octanol–water partition coefficient (Wildman–Crippen LogP) is 3.26. The molecular formula is C18H23NO2. The molecule has 0 aliphatic carbocycles. The van der Waals surface area contributed by atoms with Gasteiger partial charge >= 0.3 is 0 Å². The van der Waals surface area contributed by atoms with Gasteiger partial charge in [0.05, 0.1) is 6.04 Å². The van der Waals surface area contributed by atoms with Crippen LogP contribution in [0.15, 0.2) is 36.4 Å². The van der Waals surface area contributed by atoms with Gasteiger partial charge in [0.15, 0.2) is 0 Å². The zero-order valence-electron chi connectivity index (χ0n) is 12.8. The van der Waals surface area contributed by atoms with Gasteiger partial charge in [0.2, 0.25) is 0 Å². The molecule has 0 radical (unpaired) electrons. The fourth-order valence-electron chi connectivity index (χ4n) is 3.57. The molecule has 1 aromatic rings. The molecule has 2 aliphatic heterocycles. The third kappa shape index (κ3) is 2.75. The maximum Gasteiger partial charge on any atom is 0.252 e. The second-order valence-corrected chi connectivity index (χ2v) is 5.90. The van der Waals surface area contributed by atoms with E-state index >= 15 is 0 Å². The van der Waals surface area contributed by atoms with Crippen molar-refractivity contribution < 1.29 is 9.53 Å². The molecule has 0 spiro atoms. The Morgan fingerprint density at radius 1 is 1.33 bits per heavy atom. The SMILES string of the molecule is CCO[C@H](C)C(=O)N1[C@@H]2CC[C@@H]1C=C(c1ccccc1)C2. The zero-order valence-corrected chi connectivity index (χ0v) is 12.8. The second kappa shape index (κ2) is 6.02. The van der Waals surface area contributed by atoms with Crippen LogP contribution in [-0.2, 0) is 9.53 Å². The van der Waals surface area contributed by atoms with Gasteiger partial charge in [-0.05, 0) is 44.2 Å². The first-order chi connectivity index (χ1) is 10.2. The largest absolute Gasteiger partial charge is 0.369 e. The Bertz CT molecular complexity index is 537. The van der Waals surface area contributed by atoms with Crippen molar-refractivity contribution in [1.29, 1.82) is 0 Å². The summed E-state index contributed by atoms with van der Waals surface area (Å²) in [6, 6.07) is 11.1. The number of amides is 1. The molecule has 3 nitrogen and oxygen atoms in total. The van der Waals surface area contributed by atoms with E-state index in [1.54, 1.807) is 0 Å². The number of benzene rings is 1. The van der Waals surface area contributed by atoms with Crippen LogP contribution < -0.4 is 0 Å². The van der Waals surface area contributed by atoms with Crippen molar-refractivity contribution in [3.63, 3.8) is 0 Å². The molecule has 0 saturated carbocycles. The lowest BCUT2D eigenvalue weighted by molar-refractivity contribution is -0.144. The van der Waals surface area contributed by atoms with Crippen molar-refractivity contribution in [1.82, 2.24) is 4.90 Å². The first-order valence-corrected chi connectivity index (χ1v) is 7.90. The van der Waals surface area contributed by atoms with Crippen molar-refractivity contribution in [2.75, 3.05) is 6.61 Å². The highest BCUT2D eigenvalue weighted by atomic mass is 16.5. The van der Waals surface area contributed by atoms with Crippen LogP contribution in [-0.4, -0.2) is 35.6 Å². The highest BCUT2D eigenvalue weighted by Gasteiger charge is 2.41. The number of hydrogen-bond donors (Lipinski definition) is 0. The van der Waals surface area contributed by atoms with Crippen molar-refractivity contribution in [2.24, 2.45) is 0 Å². The van der Waals surface area contributed by atoms with Gasteiger partial charge in [-0.3, -0.25) is 4.79 Å². The number of rotatable bonds is 4. The van der Waals surface area contributed by atoms with Crippen LogP contribution in [0.4, 0.5) is 0 Å². The lowest BCUT2D eigenvalue weighted by Gasteiger charge is -2.35. The van der Waals surface area contributed by atoms with Gasteiger partial charge in [0.1, 0.15) is 6.10 Å². The van der Waals surface area contributed by atoms with Crippen LogP contribution in [0, 0.1) is 0 Å². The third-order valence-corrected chi connectivity index (χ3v) is 4.56. The summed E-state index contributed by atoms with van der Waals surface area (Å²) < 4.78 is 5.48. The summed E-state index contributed by atoms with van der Waals surface area (Å²) in [5, 5.41) is 0. The molecule has 0 N–H and O–H groups in total. The molecule has 1 fully saturated rings. The van der Waals surface area contributed by atoms with Crippen LogP contribution in [0.3, 0.4) is 0 Å². The normalized spacial score (nSPS) is 25.6. The number of hydrogen-bond acceptors (Lipinski definition) is 2. The molecule has 0 aromatic heterocycles. The molecule has 21 heavy (non-hydrogen) atoms. The predicted molar refractivity (Wildman–Crippen MR) is 83.8 cm³/mol. The molecule has 2 aliphatic rings. The van der Waals surface area contributed by atoms with Crippen LogP contribution in [0.1, 0.15) is 38.7 Å². The average Bonchev–Trinajstić information content (AvgIpc) is 2.77. The van der Waals surface area contributed by atoms with E-state index in [9.17, 15) is 4.79 Å². The van der Waals surface area contributed by atoms with Crippen molar-refractivity contribution in [3.8, 4) is 0 Å². The summed E-state index contributed by atoms with van der Waals surface area (Å²) in [7, 11) is 0. The van der Waals surface area contributed by atoms with E-state index in [-0.39, 0.29) is 18.1 Å². The van der Waals surface area contributed by atoms with Crippen LogP contribution in [0.2, 0.25) is 0 Å². The summed E-state index contributed by atoms with van der Waals surface area (Å²) in [4.78, 5) is 14.6. The minimum atomic E-state index is -0.329. The Balaban J connectivity index is 1.80. The fourth-order valence-corrected chi connectivity index (χ4v) is 3.57. The highest BCUT2D eigenvalue weighted by Crippen LogP contribution is 2.38. The Kier molecular flexibility index (Phi) is 4.11. The van der Waals surface area contributed by atoms with Crippen LogP contribution >= 0.6 is 0 Å². The number of carbonyl (C=O) groups is 1. The molecule has 1 saturated heterocycles. The molecule has 2 bridgehead atoms. The van der Waals surface area contributed by atoms with Gasteiger partial charge in [-0.15, -0.1) is 0 Å². The summed E-state index contributed by atoms with van der Waals surface area (Å²) in [6.45, 7) is 4.38. The van der Waals surface area contributed by atoms with E-state index in [1.807, 2.05) is 19.9 Å². The molecule has 3 rings (SSSR count). The quantitative estimate of drug-likeness (QED) is 0.850. The number of nitrogens with zero attached hydrogens (tertiary/aromatic N) is 1. The van der Waals surface area contributed by atoms with Gasteiger partial charge in [-0.25, -0.2) is 0 Å². The van der Waals surface area contributed by atoms with E-state index in [2.05, 4.69) is 35.2 Å². The van der Waals surface area contributed by atoms with Crippen LogP contribution in [0.25, 0.3) is 5.57 Å². The summed E-state index contributed by atoms with van der Waals surface area (Å²) in [5.74, 6) is 0.146. The minimum Gasteiger partial charge on any atom is -0.369 e. The lowest BCUT2D eigenvalue weighted by Crippen LogP contribution is -2.47.